The maximum Gasteiger partial charge on any atom is 0.136 e. The highest BCUT2D eigenvalue weighted by Crippen LogP contribution is 2.27. The number of hydrogen-bond donors (Lipinski definition) is 0. The van der Waals surface area contributed by atoms with Gasteiger partial charge in [0.05, 0.1) is 18.5 Å². The number of carbonyl (C=O) groups excluding carboxylic acids is 1. The molecule has 1 saturated carbocycles. The van der Waals surface area contributed by atoms with Crippen molar-refractivity contribution in [2.45, 2.75) is 30.9 Å². The summed E-state index contributed by atoms with van der Waals surface area (Å²) in [5.74, 6) is 2.05. The van der Waals surface area contributed by atoms with Gasteiger partial charge in [-0.2, -0.15) is 11.8 Å². The van der Waals surface area contributed by atoms with E-state index in [1.807, 2.05) is 11.8 Å². The molecule has 2 fully saturated rings. The first-order chi connectivity index (χ1) is 6.36. The van der Waals surface area contributed by atoms with Gasteiger partial charge < -0.3 is 4.74 Å². The van der Waals surface area contributed by atoms with Gasteiger partial charge in [0, 0.05) is 12.3 Å². The van der Waals surface area contributed by atoms with Crippen LogP contribution in [-0.2, 0) is 9.53 Å². The van der Waals surface area contributed by atoms with E-state index in [0.717, 1.165) is 49.9 Å². The first-order valence-electron chi connectivity index (χ1n) is 5.08. The van der Waals surface area contributed by atoms with Crippen molar-refractivity contribution >= 4 is 17.5 Å². The first-order valence-corrected chi connectivity index (χ1v) is 6.13. The molecule has 0 aromatic carbocycles. The van der Waals surface area contributed by atoms with Crippen molar-refractivity contribution in [3.63, 3.8) is 0 Å². The van der Waals surface area contributed by atoms with E-state index in [1.54, 1.807) is 0 Å². The third kappa shape index (κ3) is 2.47. The molecule has 0 spiro atoms. The standard InChI is InChI=1S/C10H16O2S/c11-10-3-1-2-8(10)4-5-13-9-6-12-7-9/h8-9H,1-7H2. The second-order valence-corrected chi connectivity index (χ2v) is 5.28. The van der Waals surface area contributed by atoms with Crippen molar-refractivity contribution in [1.82, 2.24) is 0 Å². The van der Waals surface area contributed by atoms with E-state index in [-0.39, 0.29) is 0 Å². The predicted molar refractivity (Wildman–Crippen MR) is 54.0 cm³/mol. The number of hydrogen-bond acceptors (Lipinski definition) is 3. The fraction of sp³-hybridized carbons (Fsp3) is 0.900. The molecule has 3 heteroatoms. The Morgan fingerprint density at radius 1 is 1.46 bits per heavy atom. The van der Waals surface area contributed by atoms with Crippen molar-refractivity contribution in [1.29, 1.82) is 0 Å². The lowest BCUT2D eigenvalue weighted by Gasteiger charge is -2.25. The van der Waals surface area contributed by atoms with Gasteiger partial charge in [0.25, 0.3) is 0 Å². The number of rotatable bonds is 4. The average molecular weight is 200 g/mol. The number of thioether (sulfide) groups is 1. The molecule has 1 saturated heterocycles. The van der Waals surface area contributed by atoms with E-state index in [9.17, 15) is 4.79 Å². The normalized spacial score (nSPS) is 29.2. The Kier molecular flexibility index (Phi) is 3.28. The lowest BCUT2D eigenvalue weighted by molar-refractivity contribution is -0.120. The van der Waals surface area contributed by atoms with Crippen LogP contribution in [0.2, 0.25) is 0 Å². The smallest absolute Gasteiger partial charge is 0.136 e. The molecule has 2 aliphatic rings. The minimum absolute atomic E-state index is 0.397. The summed E-state index contributed by atoms with van der Waals surface area (Å²) >= 11 is 1.97. The molecular formula is C10H16O2S. The molecule has 1 heterocycles. The zero-order valence-corrected chi connectivity index (χ0v) is 8.65. The van der Waals surface area contributed by atoms with Crippen LogP contribution in [0.4, 0.5) is 0 Å². The quantitative estimate of drug-likeness (QED) is 0.693. The van der Waals surface area contributed by atoms with Gasteiger partial charge in [-0.1, -0.05) is 0 Å². The van der Waals surface area contributed by atoms with Crippen molar-refractivity contribution in [3.05, 3.63) is 0 Å². The largest absolute Gasteiger partial charge is 0.379 e. The predicted octanol–water partition coefficient (Wildman–Crippen LogP) is 1.88. The molecule has 2 rings (SSSR count). The molecule has 0 aromatic heterocycles. The summed E-state index contributed by atoms with van der Waals surface area (Å²) in [6.45, 7) is 1.84. The lowest BCUT2D eigenvalue weighted by atomic mass is 10.1. The van der Waals surface area contributed by atoms with Crippen molar-refractivity contribution in [3.8, 4) is 0 Å². The third-order valence-corrected chi connectivity index (χ3v) is 4.07. The Morgan fingerprint density at radius 3 is 2.85 bits per heavy atom. The van der Waals surface area contributed by atoms with Gasteiger partial charge in [-0.3, -0.25) is 4.79 Å². The summed E-state index contributed by atoms with van der Waals surface area (Å²) in [5, 5.41) is 0.719. The van der Waals surface area contributed by atoms with Crippen LogP contribution in [0.15, 0.2) is 0 Å². The third-order valence-electron chi connectivity index (χ3n) is 2.86. The monoisotopic (exact) mass is 200 g/mol. The molecule has 0 radical (unpaired) electrons. The second kappa shape index (κ2) is 4.47. The number of carbonyl (C=O) groups is 1. The Balaban J connectivity index is 1.58. The summed E-state index contributed by atoms with van der Waals surface area (Å²) in [6.07, 6.45) is 4.20. The second-order valence-electron chi connectivity index (χ2n) is 3.87. The van der Waals surface area contributed by atoms with Crippen LogP contribution in [0.3, 0.4) is 0 Å². The summed E-state index contributed by atoms with van der Waals surface area (Å²) in [7, 11) is 0. The van der Waals surface area contributed by atoms with Gasteiger partial charge in [-0.15, -0.1) is 0 Å². The Hall–Kier alpha value is -0.0200. The van der Waals surface area contributed by atoms with Crippen LogP contribution < -0.4 is 0 Å². The van der Waals surface area contributed by atoms with E-state index >= 15 is 0 Å². The molecule has 13 heavy (non-hydrogen) atoms. The first kappa shape index (κ1) is 9.53. The number of ketones is 1. The Morgan fingerprint density at radius 2 is 2.31 bits per heavy atom. The van der Waals surface area contributed by atoms with Crippen LogP contribution in [-0.4, -0.2) is 30.0 Å². The van der Waals surface area contributed by atoms with E-state index in [4.69, 9.17) is 4.74 Å². The van der Waals surface area contributed by atoms with Gasteiger partial charge in [0.2, 0.25) is 0 Å². The lowest BCUT2D eigenvalue weighted by Crippen LogP contribution is -2.30. The van der Waals surface area contributed by atoms with Crippen LogP contribution in [0.5, 0.6) is 0 Å². The van der Waals surface area contributed by atoms with Gasteiger partial charge in [0.15, 0.2) is 0 Å². The Labute approximate surface area is 83.4 Å². The van der Waals surface area contributed by atoms with Crippen molar-refractivity contribution < 1.29 is 9.53 Å². The summed E-state index contributed by atoms with van der Waals surface area (Å²) in [4.78, 5) is 11.3. The van der Waals surface area contributed by atoms with E-state index < -0.39 is 0 Å². The van der Waals surface area contributed by atoms with Crippen LogP contribution in [0.1, 0.15) is 25.7 Å². The van der Waals surface area contributed by atoms with Gasteiger partial charge >= 0.3 is 0 Å². The molecule has 74 valence electrons. The van der Waals surface area contributed by atoms with Crippen molar-refractivity contribution in [2.24, 2.45) is 5.92 Å². The number of ether oxygens (including phenoxy) is 1. The fourth-order valence-electron chi connectivity index (χ4n) is 1.88. The van der Waals surface area contributed by atoms with Crippen LogP contribution >= 0.6 is 11.8 Å². The highest BCUT2D eigenvalue weighted by Gasteiger charge is 2.25. The minimum atomic E-state index is 0.397. The molecule has 1 aliphatic heterocycles. The molecule has 1 atom stereocenters. The highest BCUT2D eigenvalue weighted by molar-refractivity contribution is 8.00. The number of Topliss-reactive ketones (excluding diaryl/α,β-unsaturated/α-hetero) is 1. The molecular weight excluding hydrogens is 184 g/mol. The molecule has 1 aliphatic carbocycles. The molecule has 1 unspecified atom stereocenters. The van der Waals surface area contributed by atoms with E-state index in [0.29, 0.717) is 11.7 Å². The average Bonchev–Trinajstić information content (AvgIpc) is 2.42. The summed E-state index contributed by atoms with van der Waals surface area (Å²) in [5.41, 5.74) is 0. The van der Waals surface area contributed by atoms with Gasteiger partial charge in [0.1, 0.15) is 5.78 Å². The molecule has 0 aromatic rings. The zero-order chi connectivity index (χ0) is 9.10. The minimum Gasteiger partial charge on any atom is -0.379 e. The topological polar surface area (TPSA) is 26.3 Å². The van der Waals surface area contributed by atoms with E-state index in [1.165, 1.54) is 0 Å². The maximum atomic E-state index is 11.3. The van der Waals surface area contributed by atoms with Gasteiger partial charge in [-0.05, 0) is 25.0 Å². The van der Waals surface area contributed by atoms with Crippen molar-refractivity contribution in [2.75, 3.05) is 19.0 Å². The molecule has 2 nitrogen and oxygen atoms in total. The SMILES string of the molecule is O=C1CCCC1CCSC1COC1. The van der Waals surface area contributed by atoms with Crippen LogP contribution in [0, 0.1) is 5.92 Å². The summed E-state index contributed by atoms with van der Waals surface area (Å²) < 4.78 is 5.09. The van der Waals surface area contributed by atoms with Gasteiger partial charge in [-0.25, -0.2) is 0 Å². The Bertz CT molecular complexity index is 189. The van der Waals surface area contributed by atoms with E-state index in [2.05, 4.69) is 0 Å². The molecule has 0 bridgehead atoms. The maximum absolute atomic E-state index is 11.3. The highest BCUT2D eigenvalue weighted by atomic mass is 32.2. The summed E-state index contributed by atoms with van der Waals surface area (Å²) in [6, 6.07) is 0. The zero-order valence-electron chi connectivity index (χ0n) is 7.83. The van der Waals surface area contributed by atoms with Crippen LogP contribution in [0.25, 0.3) is 0 Å². The molecule has 0 N–H and O–H groups in total. The molecule has 0 amide bonds. The fourth-order valence-corrected chi connectivity index (χ4v) is 3.02.